The quantitative estimate of drug-likeness (QED) is 0.845. The number of hydrogen-bond donors (Lipinski definition) is 0. The van der Waals surface area contributed by atoms with Gasteiger partial charge < -0.3 is 0 Å². The lowest BCUT2D eigenvalue weighted by atomic mass is 10.0. The van der Waals surface area contributed by atoms with E-state index in [0.717, 1.165) is 24.0 Å². The van der Waals surface area contributed by atoms with Crippen LogP contribution in [0.3, 0.4) is 0 Å². The highest BCUT2D eigenvalue weighted by atomic mass is 35.5. The van der Waals surface area contributed by atoms with E-state index in [1.807, 2.05) is 30.3 Å². The van der Waals surface area contributed by atoms with Crippen LogP contribution in [-0.4, -0.2) is 19.3 Å². The summed E-state index contributed by atoms with van der Waals surface area (Å²) in [7, 11) is -3.48. The topological polar surface area (TPSA) is 37.4 Å². The van der Waals surface area contributed by atoms with Gasteiger partial charge in [-0.3, -0.25) is 4.31 Å². The van der Waals surface area contributed by atoms with Crippen molar-refractivity contribution in [3.05, 3.63) is 71.4 Å². The summed E-state index contributed by atoms with van der Waals surface area (Å²) < 4.78 is 26.8. The van der Waals surface area contributed by atoms with Gasteiger partial charge in [0.05, 0.1) is 4.90 Å². The minimum absolute atomic E-state index is 0.323. The number of benzene rings is 2. The average Bonchev–Trinajstić information content (AvgIpc) is 2.56. The third-order valence-electron chi connectivity index (χ3n) is 3.69. The zero-order valence-electron chi connectivity index (χ0n) is 11.9. The molecule has 0 aromatic heterocycles. The molecule has 0 N–H and O–H groups in total. The van der Waals surface area contributed by atoms with Gasteiger partial charge in [0.2, 0.25) is 0 Å². The fourth-order valence-electron chi connectivity index (χ4n) is 2.53. The molecule has 2 aromatic rings. The molecule has 1 aliphatic heterocycles. The van der Waals surface area contributed by atoms with Gasteiger partial charge in [0, 0.05) is 17.8 Å². The first-order chi connectivity index (χ1) is 10.6. The SMILES string of the molecule is O=S(=O)(c1ccccc1)N1C=C(c2ccc(Cl)cc2)CCC1. The Kier molecular flexibility index (Phi) is 4.23. The first-order valence-corrected chi connectivity index (χ1v) is 8.93. The molecule has 0 saturated heterocycles. The molecule has 0 radical (unpaired) electrons. The summed E-state index contributed by atoms with van der Waals surface area (Å²) in [5.74, 6) is 0. The third kappa shape index (κ3) is 3.03. The third-order valence-corrected chi connectivity index (χ3v) is 5.71. The minimum atomic E-state index is -3.48. The van der Waals surface area contributed by atoms with Crippen LogP contribution in [-0.2, 0) is 10.0 Å². The fourth-order valence-corrected chi connectivity index (χ4v) is 4.06. The Morgan fingerprint density at radius 1 is 0.955 bits per heavy atom. The van der Waals surface area contributed by atoms with Gasteiger partial charge in [0.1, 0.15) is 0 Å². The zero-order valence-corrected chi connectivity index (χ0v) is 13.5. The van der Waals surface area contributed by atoms with Gasteiger partial charge >= 0.3 is 0 Å². The summed E-state index contributed by atoms with van der Waals surface area (Å²) in [5.41, 5.74) is 2.03. The predicted octanol–water partition coefficient (Wildman–Crippen LogP) is 4.17. The van der Waals surface area contributed by atoms with E-state index in [1.165, 1.54) is 4.31 Å². The molecule has 22 heavy (non-hydrogen) atoms. The molecular formula is C17H16ClNO2S. The molecule has 1 heterocycles. The number of halogens is 1. The van der Waals surface area contributed by atoms with Crippen molar-refractivity contribution in [1.29, 1.82) is 0 Å². The summed E-state index contributed by atoms with van der Waals surface area (Å²) in [6.07, 6.45) is 3.41. The molecule has 5 heteroatoms. The van der Waals surface area contributed by atoms with Gasteiger partial charge in [0.15, 0.2) is 0 Å². The molecule has 0 bridgehead atoms. The first-order valence-electron chi connectivity index (χ1n) is 7.11. The van der Waals surface area contributed by atoms with E-state index < -0.39 is 10.0 Å². The zero-order chi connectivity index (χ0) is 15.6. The minimum Gasteiger partial charge on any atom is -0.273 e. The lowest BCUT2D eigenvalue weighted by molar-refractivity contribution is 0.480. The maximum atomic E-state index is 12.7. The van der Waals surface area contributed by atoms with Gasteiger partial charge in [0.25, 0.3) is 10.0 Å². The Labute approximate surface area is 135 Å². The Hall–Kier alpha value is -1.78. The van der Waals surface area contributed by atoms with Crippen molar-refractivity contribution in [2.24, 2.45) is 0 Å². The summed E-state index contributed by atoms with van der Waals surface area (Å²) in [6, 6.07) is 16.0. The fraction of sp³-hybridized carbons (Fsp3) is 0.176. The molecule has 0 spiro atoms. The van der Waals surface area contributed by atoms with Crippen molar-refractivity contribution in [3.63, 3.8) is 0 Å². The number of sulfonamides is 1. The second-order valence-corrected chi connectivity index (χ2v) is 7.52. The van der Waals surface area contributed by atoms with Crippen molar-refractivity contribution in [2.45, 2.75) is 17.7 Å². The van der Waals surface area contributed by atoms with Crippen molar-refractivity contribution in [3.8, 4) is 0 Å². The van der Waals surface area contributed by atoms with Gasteiger partial charge in [-0.1, -0.05) is 41.9 Å². The highest BCUT2D eigenvalue weighted by Crippen LogP contribution is 2.29. The second-order valence-electron chi connectivity index (χ2n) is 5.19. The van der Waals surface area contributed by atoms with Crippen molar-refractivity contribution >= 4 is 27.2 Å². The van der Waals surface area contributed by atoms with E-state index in [0.29, 0.717) is 16.5 Å². The molecule has 3 rings (SSSR count). The highest BCUT2D eigenvalue weighted by molar-refractivity contribution is 7.89. The van der Waals surface area contributed by atoms with E-state index in [4.69, 9.17) is 11.6 Å². The molecule has 0 amide bonds. The average molecular weight is 334 g/mol. The lowest BCUT2D eigenvalue weighted by Crippen LogP contribution is -2.29. The normalized spacial score (nSPS) is 15.5. The van der Waals surface area contributed by atoms with Crippen LogP contribution in [0.4, 0.5) is 0 Å². The van der Waals surface area contributed by atoms with Gasteiger partial charge in [-0.2, -0.15) is 0 Å². The molecule has 114 valence electrons. The Morgan fingerprint density at radius 2 is 1.64 bits per heavy atom. The summed E-state index contributed by atoms with van der Waals surface area (Å²) >= 11 is 5.91. The van der Waals surface area contributed by atoms with Crippen LogP contribution in [0.1, 0.15) is 18.4 Å². The first kappa shape index (κ1) is 15.1. The van der Waals surface area contributed by atoms with E-state index >= 15 is 0 Å². The summed E-state index contributed by atoms with van der Waals surface area (Å²) in [4.78, 5) is 0.323. The number of rotatable bonds is 3. The van der Waals surface area contributed by atoms with Crippen LogP contribution in [0.15, 0.2) is 65.7 Å². The number of allylic oxidation sites excluding steroid dienone is 1. The van der Waals surface area contributed by atoms with Crippen LogP contribution < -0.4 is 0 Å². The molecule has 0 atom stereocenters. The molecule has 3 nitrogen and oxygen atoms in total. The van der Waals surface area contributed by atoms with Crippen LogP contribution in [0.25, 0.3) is 5.57 Å². The number of nitrogens with zero attached hydrogens (tertiary/aromatic N) is 1. The Bertz CT molecular complexity index is 783. The molecule has 0 saturated carbocycles. The lowest BCUT2D eigenvalue weighted by Gasteiger charge is -2.26. The maximum Gasteiger partial charge on any atom is 0.263 e. The molecule has 2 aromatic carbocycles. The molecule has 0 unspecified atom stereocenters. The Balaban J connectivity index is 1.95. The molecular weight excluding hydrogens is 318 g/mol. The van der Waals surface area contributed by atoms with Crippen LogP contribution in [0.5, 0.6) is 0 Å². The van der Waals surface area contributed by atoms with Crippen molar-refractivity contribution in [2.75, 3.05) is 6.54 Å². The second kappa shape index (κ2) is 6.15. The maximum absolute atomic E-state index is 12.7. The molecule has 0 fully saturated rings. The predicted molar refractivity (Wildman–Crippen MR) is 89.0 cm³/mol. The highest BCUT2D eigenvalue weighted by Gasteiger charge is 2.24. The van der Waals surface area contributed by atoms with Crippen LogP contribution >= 0.6 is 11.6 Å². The number of hydrogen-bond acceptors (Lipinski definition) is 2. The van der Waals surface area contributed by atoms with E-state index in [1.54, 1.807) is 30.5 Å². The summed E-state index contributed by atoms with van der Waals surface area (Å²) in [5, 5.41) is 0.675. The largest absolute Gasteiger partial charge is 0.273 e. The van der Waals surface area contributed by atoms with Gasteiger partial charge in [-0.15, -0.1) is 0 Å². The van der Waals surface area contributed by atoms with E-state index in [9.17, 15) is 8.42 Å². The van der Waals surface area contributed by atoms with Gasteiger partial charge in [-0.05, 0) is 48.2 Å². The van der Waals surface area contributed by atoms with Crippen molar-refractivity contribution in [1.82, 2.24) is 4.31 Å². The van der Waals surface area contributed by atoms with Gasteiger partial charge in [-0.25, -0.2) is 8.42 Å². The smallest absolute Gasteiger partial charge is 0.263 e. The van der Waals surface area contributed by atoms with E-state index in [2.05, 4.69) is 0 Å². The van der Waals surface area contributed by atoms with Crippen LogP contribution in [0, 0.1) is 0 Å². The van der Waals surface area contributed by atoms with Crippen molar-refractivity contribution < 1.29 is 8.42 Å². The molecule has 0 aliphatic carbocycles. The Morgan fingerprint density at radius 3 is 2.32 bits per heavy atom. The van der Waals surface area contributed by atoms with E-state index in [-0.39, 0.29) is 0 Å². The van der Waals surface area contributed by atoms with Crippen LogP contribution in [0.2, 0.25) is 5.02 Å². The monoisotopic (exact) mass is 333 g/mol. The molecule has 1 aliphatic rings. The standard InChI is InChI=1S/C17H16ClNO2S/c18-16-10-8-14(9-11-16)15-5-4-12-19(13-15)22(20,21)17-6-2-1-3-7-17/h1-3,6-11,13H,4-5,12H2. The summed E-state index contributed by atoms with van der Waals surface area (Å²) in [6.45, 7) is 0.508.